The van der Waals surface area contributed by atoms with Gasteiger partial charge in [0.25, 0.3) is 0 Å². The Morgan fingerprint density at radius 1 is 1.12 bits per heavy atom. The zero-order valence-corrected chi connectivity index (χ0v) is 11.9. The minimum Gasteiger partial charge on any atom is -0.463 e. The van der Waals surface area contributed by atoms with E-state index in [-0.39, 0.29) is 5.97 Å². The summed E-state index contributed by atoms with van der Waals surface area (Å²) in [5.74, 6) is 0.381. The maximum atomic E-state index is 11.2. The molecular weight excluding hydrogens is 212 g/mol. The van der Waals surface area contributed by atoms with Crippen LogP contribution >= 0.6 is 0 Å². The van der Waals surface area contributed by atoms with Crippen LogP contribution in [0.5, 0.6) is 0 Å². The Balaban J connectivity index is 3.64. The van der Waals surface area contributed by atoms with Crippen LogP contribution in [0.1, 0.15) is 53.9 Å². The molecule has 0 amide bonds. The largest absolute Gasteiger partial charge is 0.463 e. The van der Waals surface area contributed by atoms with Gasteiger partial charge in [-0.3, -0.25) is 0 Å². The SMILES string of the molecule is CC(C)=CCC[C@H](C)CCOC(=O)C=C(C)C. The van der Waals surface area contributed by atoms with Gasteiger partial charge in [0.05, 0.1) is 6.61 Å². The molecule has 0 bridgehead atoms. The maximum Gasteiger partial charge on any atom is 0.330 e. The average Bonchev–Trinajstić information content (AvgIpc) is 2.15. The summed E-state index contributed by atoms with van der Waals surface area (Å²) in [4.78, 5) is 11.2. The molecular formula is C15H26O2. The molecule has 0 aliphatic heterocycles. The first-order valence-corrected chi connectivity index (χ1v) is 6.37. The molecule has 0 unspecified atom stereocenters. The molecule has 2 heteroatoms. The van der Waals surface area contributed by atoms with E-state index < -0.39 is 0 Å². The van der Waals surface area contributed by atoms with Crippen LogP contribution in [0, 0.1) is 5.92 Å². The normalized spacial score (nSPS) is 11.6. The molecule has 1 atom stereocenters. The quantitative estimate of drug-likeness (QED) is 0.376. The summed E-state index contributed by atoms with van der Waals surface area (Å²) in [6.45, 7) is 10.7. The van der Waals surface area contributed by atoms with Crippen molar-refractivity contribution in [2.45, 2.75) is 53.9 Å². The Hall–Kier alpha value is -1.05. The minimum absolute atomic E-state index is 0.221. The topological polar surface area (TPSA) is 26.3 Å². The van der Waals surface area contributed by atoms with Gasteiger partial charge in [0, 0.05) is 6.08 Å². The van der Waals surface area contributed by atoms with Crippen molar-refractivity contribution in [3.05, 3.63) is 23.3 Å². The van der Waals surface area contributed by atoms with Gasteiger partial charge in [0.15, 0.2) is 0 Å². The summed E-state index contributed by atoms with van der Waals surface area (Å²) in [5.41, 5.74) is 2.35. The molecule has 0 spiro atoms. The van der Waals surface area contributed by atoms with E-state index in [1.165, 1.54) is 11.6 Å². The van der Waals surface area contributed by atoms with Crippen LogP contribution < -0.4 is 0 Å². The van der Waals surface area contributed by atoms with Crippen molar-refractivity contribution >= 4 is 5.97 Å². The summed E-state index contributed by atoms with van der Waals surface area (Å²) in [5, 5.41) is 0. The molecule has 17 heavy (non-hydrogen) atoms. The monoisotopic (exact) mass is 238 g/mol. The third-order valence-corrected chi connectivity index (χ3v) is 2.47. The first-order chi connectivity index (χ1) is 7.91. The molecule has 2 nitrogen and oxygen atoms in total. The lowest BCUT2D eigenvalue weighted by molar-refractivity contribution is -0.138. The fourth-order valence-corrected chi connectivity index (χ4v) is 1.44. The summed E-state index contributed by atoms with van der Waals surface area (Å²) < 4.78 is 5.12. The highest BCUT2D eigenvalue weighted by atomic mass is 16.5. The van der Waals surface area contributed by atoms with Gasteiger partial charge in [-0.05, 0) is 52.9 Å². The molecule has 0 rings (SSSR count). The first kappa shape index (κ1) is 16.0. The molecule has 0 saturated carbocycles. The number of ether oxygens (including phenoxy) is 1. The molecule has 0 N–H and O–H groups in total. The molecule has 98 valence electrons. The molecule has 0 radical (unpaired) electrons. The Bertz CT molecular complexity index is 279. The highest BCUT2D eigenvalue weighted by molar-refractivity contribution is 5.82. The van der Waals surface area contributed by atoms with Crippen LogP contribution in [0.25, 0.3) is 0 Å². The fraction of sp³-hybridized carbons (Fsp3) is 0.667. The fourth-order valence-electron chi connectivity index (χ4n) is 1.44. The lowest BCUT2D eigenvalue weighted by Gasteiger charge is -2.09. The predicted octanol–water partition coefficient (Wildman–Crippen LogP) is 4.27. The third-order valence-electron chi connectivity index (χ3n) is 2.47. The minimum atomic E-state index is -0.221. The Labute approximate surface area is 106 Å². The number of carbonyl (C=O) groups is 1. The number of hydrogen-bond donors (Lipinski definition) is 0. The van der Waals surface area contributed by atoms with E-state index in [9.17, 15) is 4.79 Å². The van der Waals surface area contributed by atoms with Gasteiger partial charge in [0.1, 0.15) is 0 Å². The Morgan fingerprint density at radius 3 is 2.29 bits per heavy atom. The lowest BCUT2D eigenvalue weighted by Crippen LogP contribution is -2.06. The van der Waals surface area contributed by atoms with E-state index in [2.05, 4.69) is 26.8 Å². The zero-order valence-electron chi connectivity index (χ0n) is 11.9. The molecule has 0 aromatic carbocycles. The van der Waals surface area contributed by atoms with Gasteiger partial charge >= 0.3 is 5.97 Å². The first-order valence-electron chi connectivity index (χ1n) is 6.37. The Kier molecular flexibility index (Phi) is 8.47. The van der Waals surface area contributed by atoms with Crippen molar-refractivity contribution < 1.29 is 9.53 Å². The molecule has 0 aliphatic carbocycles. The summed E-state index contributed by atoms with van der Waals surface area (Å²) >= 11 is 0. The number of hydrogen-bond acceptors (Lipinski definition) is 2. The second-order valence-corrected chi connectivity index (χ2v) is 5.14. The number of rotatable bonds is 7. The molecule has 0 aliphatic rings. The van der Waals surface area contributed by atoms with E-state index >= 15 is 0 Å². The van der Waals surface area contributed by atoms with Crippen LogP contribution in [0.4, 0.5) is 0 Å². The van der Waals surface area contributed by atoms with Crippen molar-refractivity contribution in [3.8, 4) is 0 Å². The van der Waals surface area contributed by atoms with Crippen molar-refractivity contribution in [2.75, 3.05) is 6.61 Å². The molecule has 0 saturated heterocycles. The zero-order chi connectivity index (χ0) is 13.3. The van der Waals surface area contributed by atoms with Crippen molar-refractivity contribution in [3.63, 3.8) is 0 Å². The molecule has 0 fully saturated rings. The predicted molar refractivity (Wildman–Crippen MR) is 72.8 cm³/mol. The van der Waals surface area contributed by atoms with Crippen LogP contribution in [0.15, 0.2) is 23.3 Å². The van der Waals surface area contributed by atoms with Crippen LogP contribution in [0.2, 0.25) is 0 Å². The van der Waals surface area contributed by atoms with Crippen LogP contribution in [-0.2, 0) is 9.53 Å². The molecule has 0 aromatic rings. The smallest absolute Gasteiger partial charge is 0.330 e. The second-order valence-electron chi connectivity index (χ2n) is 5.14. The van der Waals surface area contributed by atoms with Crippen molar-refractivity contribution in [1.29, 1.82) is 0 Å². The highest BCUT2D eigenvalue weighted by Crippen LogP contribution is 2.11. The van der Waals surface area contributed by atoms with Gasteiger partial charge < -0.3 is 4.74 Å². The standard InChI is InChI=1S/C15H26O2/c1-12(2)7-6-8-14(5)9-10-17-15(16)11-13(3)4/h7,11,14H,6,8-10H2,1-5H3/t14-/m0/s1. The Morgan fingerprint density at radius 2 is 1.76 bits per heavy atom. The summed E-state index contributed by atoms with van der Waals surface area (Å²) in [7, 11) is 0. The van der Waals surface area contributed by atoms with Gasteiger partial charge in [-0.25, -0.2) is 4.79 Å². The van der Waals surface area contributed by atoms with Crippen molar-refractivity contribution in [2.24, 2.45) is 5.92 Å². The van der Waals surface area contributed by atoms with Crippen molar-refractivity contribution in [1.82, 2.24) is 0 Å². The van der Waals surface area contributed by atoms with Crippen LogP contribution in [-0.4, -0.2) is 12.6 Å². The lowest BCUT2D eigenvalue weighted by atomic mass is 10.0. The van der Waals surface area contributed by atoms with Gasteiger partial charge in [-0.15, -0.1) is 0 Å². The molecule has 0 aromatic heterocycles. The molecule has 0 heterocycles. The van der Waals surface area contributed by atoms with Crippen LogP contribution in [0.3, 0.4) is 0 Å². The van der Waals surface area contributed by atoms with E-state index in [0.717, 1.165) is 24.8 Å². The summed E-state index contributed by atoms with van der Waals surface area (Å²) in [6.07, 6.45) is 7.01. The highest BCUT2D eigenvalue weighted by Gasteiger charge is 2.03. The van der Waals surface area contributed by atoms with Gasteiger partial charge in [0.2, 0.25) is 0 Å². The number of carbonyl (C=O) groups excluding carboxylic acids is 1. The third kappa shape index (κ3) is 11.2. The van der Waals surface area contributed by atoms with Gasteiger partial charge in [-0.2, -0.15) is 0 Å². The number of esters is 1. The van der Waals surface area contributed by atoms with E-state index in [4.69, 9.17) is 4.74 Å². The average molecular weight is 238 g/mol. The van der Waals surface area contributed by atoms with E-state index in [0.29, 0.717) is 12.5 Å². The summed E-state index contributed by atoms with van der Waals surface area (Å²) in [6, 6.07) is 0. The second kappa shape index (κ2) is 9.03. The van der Waals surface area contributed by atoms with Gasteiger partial charge in [-0.1, -0.05) is 24.1 Å². The number of allylic oxidation sites excluding steroid dienone is 3. The van der Waals surface area contributed by atoms with E-state index in [1.54, 1.807) is 0 Å². The van der Waals surface area contributed by atoms with E-state index in [1.807, 2.05) is 13.8 Å². The maximum absolute atomic E-state index is 11.2.